The topological polar surface area (TPSA) is 84.2 Å². The fourth-order valence-electron chi connectivity index (χ4n) is 5.29. The second-order valence-corrected chi connectivity index (χ2v) is 10.1. The molecule has 2 heterocycles. The fourth-order valence-corrected chi connectivity index (χ4v) is 5.29. The van der Waals surface area contributed by atoms with Crippen LogP contribution in [0.4, 0.5) is 4.39 Å². The van der Waals surface area contributed by atoms with Crippen molar-refractivity contribution in [1.82, 2.24) is 14.9 Å². The van der Waals surface area contributed by atoms with Gasteiger partial charge >= 0.3 is 0 Å². The van der Waals surface area contributed by atoms with Gasteiger partial charge in [0, 0.05) is 24.3 Å². The summed E-state index contributed by atoms with van der Waals surface area (Å²) in [4.78, 5) is 31.4. The van der Waals surface area contributed by atoms with E-state index in [2.05, 4.69) is 16.9 Å². The molecule has 37 heavy (non-hydrogen) atoms. The largest absolute Gasteiger partial charge is 0.506 e. The molecule has 2 aliphatic rings. The summed E-state index contributed by atoms with van der Waals surface area (Å²) in [6, 6.07) is 7.63. The van der Waals surface area contributed by atoms with E-state index in [1.807, 2.05) is 25.2 Å². The minimum atomic E-state index is -0.580. The van der Waals surface area contributed by atoms with Gasteiger partial charge in [-0.05, 0) is 73.8 Å². The van der Waals surface area contributed by atoms with Gasteiger partial charge in [-0.2, -0.15) is 0 Å². The third-order valence-corrected chi connectivity index (χ3v) is 7.47. The van der Waals surface area contributed by atoms with Crippen molar-refractivity contribution in [2.45, 2.75) is 51.6 Å². The zero-order chi connectivity index (χ0) is 26.2. The van der Waals surface area contributed by atoms with Gasteiger partial charge in [-0.15, -0.1) is 0 Å². The SMILES string of the molecule is C=C/C=C(\C=C/C)CCn1c(=O)c(C(=O)NC2CC3(CC3)C2)c(O)c2cc(-c3ccc(F)cc3)cnc21. The molecule has 2 aromatic heterocycles. The van der Waals surface area contributed by atoms with Crippen LogP contribution in [0.25, 0.3) is 22.2 Å². The minimum Gasteiger partial charge on any atom is -0.506 e. The number of halogens is 1. The number of hydrogen-bond donors (Lipinski definition) is 2. The number of aromatic nitrogens is 2. The molecule has 0 atom stereocenters. The first-order valence-electron chi connectivity index (χ1n) is 12.6. The van der Waals surface area contributed by atoms with Crippen LogP contribution < -0.4 is 10.9 Å². The Morgan fingerprint density at radius 2 is 2.00 bits per heavy atom. The lowest BCUT2D eigenvalue weighted by atomic mass is 9.77. The summed E-state index contributed by atoms with van der Waals surface area (Å²) in [5, 5.41) is 14.4. The van der Waals surface area contributed by atoms with E-state index < -0.39 is 11.5 Å². The fraction of sp³-hybridized carbons (Fsp3) is 0.300. The number of nitrogens with zero attached hydrogens (tertiary/aromatic N) is 2. The van der Waals surface area contributed by atoms with Gasteiger partial charge in [0.25, 0.3) is 11.5 Å². The Hall–Kier alpha value is -4.00. The van der Waals surface area contributed by atoms with Crippen molar-refractivity contribution in [2.75, 3.05) is 0 Å². The van der Waals surface area contributed by atoms with E-state index in [0.29, 0.717) is 28.3 Å². The maximum absolute atomic E-state index is 13.6. The van der Waals surface area contributed by atoms with Crippen LogP contribution in [0.5, 0.6) is 5.75 Å². The standard InChI is InChI=1S/C30H30FN3O3/c1-3-5-19(6-4-2)11-14-34-27-24(15-21(18-32-27)20-7-9-22(31)10-8-20)26(35)25(29(34)37)28(36)33-23-16-30(17-23)12-13-30/h3-10,15,18,23,35H,1,11-14,16-17H2,2H3,(H,33,36)/b6-4-,19-5+. The lowest BCUT2D eigenvalue weighted by molar-refractivity contribution is 0.0873. The molecule has 190 valence electrons. The normalized spacial score (nSPS) is 16.8. The molecular formula is C30H30FN3O3. The molecule has 6 nitrogen and oxygen atoms in total. The Labute approximate surface area is 214 Å². The molecule has 0 radical (unpaired) electrons. The number of rotatable bonds is 8. The smallest absolute Gasteiger partial charge is 0.268 e. The number of hydrogen-bond acceptors (Lipinski definition) is 4. The second kappa shape index (κ2) is 9.81. The molecule has 2 aliphatic carbocycles. The van der Waals surface area contributed by atoms with Crippen LogP contribution >= 0.6 is 0 Å². The Morgan fingerprint density at radius 3 is 2.65 bits per heavy atom. The lowest BCUT2D eigenvalue weighted by Gasteiger charge is -2.36. The molecule has 1 amide bonds. The van der Waals surface area contributed by atoms with Gasteiger partial charge in [-0.25, -0.2) is 9.37 Å². The van der Waals surface area contributed by atoms with Crippen molar-refractivity contribution >= 4 is 16.9 Å². The van der Waals surface area contributed by atoms with E-state index in [9.17, 15) is 19.1 Å². The van der Waals surface area contributed by atoms with Gasteiger partial charge in [0.2, 0.25) is 0 Å². The number of nitrogens with one attached hydrogen (secondary N) is 1. The molecule has 2 fully saturated rings. The number of allylic oxidation sites excluding steroid dienone is 5. The first kappa shape index (κ1) is 24.7. The number of benzene rings is 1. The van der Waals surface area contributed by atoms with Gasteiger partial charge in [0.15, 0.2) is 0 Å². The monoisotopic (exact) mass is 499 g/mol. The highest BCUT2D eigenvalue weighted by Gasteiger charge is 2.53. The molecule has 3 aromatic rings. The Balaban J connectivity index is 1.58. The minimum absolute atomic E-state index is 0.0124. The van der Waals surface area contributed by atoms with E-state index >= 15 is 0 Å². The van der Waals surface area contributed by atoms with E-state index in [-0.39, 0.29) is 35.4 Å². The van der Waals surface area contributed by atoms with Crippen LogP contribution in [-0.4, -0.2) is 26.6 Å². The third kappa shape index (κ3) is 4.86. The van der Waals surface area contributed by atoms with Crippen molar-refractivity contribution in [2.24, 2.45) is 5.41 Å². The maximum Gasteiger partial charge on any atom is 0.268 e. The maximum atomic E-state index is 13.6. The van der Waals surface area contributed by atoms with E-state index in [1.165, 1.54) is 29.5 Å². The molecule has 1 spiro atoms. The van der Waals surface area contributed by atoms with Crippen molar-refractivity contribution in [3.8, 4) is 16.9 Å². The number of carbonyl (C=O) groups is 1. The molecule has 0 saturated heterocycles. The molecule has 0 aliphatic heterocycles. The molecule has 7 heteroatoms. The van der Waals surface area contributed by atoms with Gasteiger partial charge < -0.3 is 10.4 Å². The molecule has 1 aromatic carbocycles. The van der Waals surface area contributed by atoms with Crippen molar-refractivity contribution in [1.29, 1.82) is 0 Å². The average Bonchev–Trinajstić information content (AvgIpc) is 3.65. The zero-order valence-corrected chi connectivity index (χ0v) is 20.8. The van der Waals surface area contributed by atoms with Crippen molar-refractivity contribution in [3.63, 3.8) is 0 Å². The van der Waals surface area contributed by atoms with Crippen LogP contribution in [0.1, 0.15) is 49.4 Å². The van der Waals surface area contributed by atoms with Crippen LogP contribution in [0.15, 0.2) is 77.8 Å². The van der Waals surface area contributed by atoms with E-state index in [4.69, 9.17) is 0 Å². The molecule has 2 saturated carbocycles. The van der Waals surface area contributed by atoms with Gasteiger partial charge in [-0.3, -0.25) is 14.2 Å². The average molecular weight is 500 g/mol. The summed E-state index contributed by atoms with van der Waals surface area (Å²) in [6.07, 6.45) is 13.7. The molecule has 5 rings (SSSR count). The van der Waals surface area contributed by atoms with Crippen LogP contribution in [0.2, 0.25) is 0 Å². The predicted molar refractivity (Wildman–Crippen MR) is 143 cm³/mol. The quantitative estimate of drug-likeness (QED) is 0.392. The highest BCUT2D eigenvalue weighted by atomic mass is 19.1. The molecule has 0 unspecified atom stereocenters. The number of carbonyl (C=O) groups excluding carboxylic acids is 1. The van der Waals surface area contributed by atoms with E-state index in [0.717, 1.165) is 18.4 Å². The number of aromatic hydroxyl groups is 1. The zero-order valence-electron chi connectivity index (χ0n) is 20.8. The van der Waals surface area contributed by atoms with Crippen LogP contribution in [0.3, 0.4) is 0 Å². The van der Waals surface area contributed by atoms with Gasteiger partial charge in [0.1, 0.15) is 22.8 Å². The first-order chi connectivity index (χ1) is 17.8. The first-order valence-corrected chi connectivity index (χ1v) is 12.6. The number of aryl methyl sites for hydroxylation is 1. The Morgan fingerprint density at radius 1 is 1.27 bits per heavy atom. The summed E-state index contributed by atoms with van der Waals surface area (Å²) in [6.45, 7) is 5.92. The highest BCUT2D eigenvalue weighted by Crippen LogP contribution is 2.60. The Bertz CT molecular complexity index is 1490. The van der Waals surface area contributed by atoms with Crippen LogP contribution in [-0.2, 0) is 6.54 Å². The number of amides is 1. The molecular weight excluding hydrogens is 469 g/mol. The summed E-state index contributed by atoms with van der Waals surface area (Å²) in [5.41, 5.74) is 2.11. The molecule has 2 N–H and O–H groups in total. The number of pyridine rings is 2. The van der Waals surface area contributed by atoms with Crippen LogP contribution in [0, 0.1) is 11.2 Å². The van der Waals surface area contributed by atoms with Crippen molar-refractivity contribution < 1.29 is 14.3 Å². The molecule has 0 bridgehead atoms. The highest BCUT2D eigenvalue weighted by molar-refractivity contribution is 6.02. The third-order valence-electron chi connectivity index (χ3n) is 7.47. The lowest BCUT2D eigenvalue weighted by Crippen LogP contribution is -2.46. The summed E-state index contributed by atoms with van der Waals surface area (Å²) in [5.74, 6) is -1.32. The Kier molecular flexibility index (Phi) is 6.54. The van der Waals surface area contributed by atoms with Crippen molar-refractivity contribution in [3.05, 3.63) is 94.7 Å². The van der Waals surface area contributed by atoms with Gasteiger partial charge in [-0.1, -0.05) is 43.0 Å². The summed E-state index contributed by atoms with van der Waals surface area (Å²) in [7, 11) is 0. The predicted octanol–water partition coefficient (Wildman–Crippen LogP) is 5.66. The second-order valence-electron chi connectivity index (χ2n) is 10.1. The summed E-state index contributed by atoms with van der Waals surface area (Å²) >= 11 is 0. The summed E-state index contributed by atoms with van der Waals surface area (Å²) < 4.78 is 14.9. The number of fused-ring (bicyclic) bond motifs is 1. The van der Waals surface area contributed by atoms with Gasteiger partial charge in [0.05, 0.1) is 5.39 Å². The van der Waals surface area contributed by atoms with E-state index in [1.54, 1.807) is 30.5 Å².